The van der Waals surface area contributed by atoms with Gasteiger partial charge in [-0.1, -0.05) is 0 Å². The molecule has 53 valence electrons. The van der Waals surface area contributed by atoms with Crippen molar-refractivity contribution in [1.82, 2.24) is 0 Å². The summed E-state index contributed by atoms with van der Waals surface area (Å²) in [6, 6.07) is 0. The number of aliphatic hydroxyl groups is 2. The monoisotopic (exact) mass is 131 g/mol. The Morgan fingerprint density at radius 2 is 2.22 bits per heavy atom. The highest BCUT2D eigenvalue weighted by Gasteiger charge is 2.25. The van der Waals surface area contributed by atoms with E-state index in [1.165, 1.54) is 6.61 Å². The van der Waals surface area contributed by atoms with Crippen LogP contribution < -0.4 is 0 Å². The van der Waals surface area contributed by atoms with E-state index < -0.39 is 12.2 Å². The molecule has 3 heteroatoms. The Labute approximate surface area is 54.3 Å². The zero-order valence-corrected chi connectivity index (χ0v) is 5.32. The van der Waals surface area contributed by atoms with Crippen molar-refractivity contribution in [2.45, 2.75) is 31.7 Å². The van der Waals surface area contributed by atoms with Gasteiger partial charge in [0, 0.05) is 6.42 Å². The van der Waals surface area contributed by atoms with Crippen LogP contribution in [0.1, 0.15) is 13.3 Å². The average Bonchev–Trinajstić information content (AvgIpc) is 1.80. The van der Waals surface area contributed by atoms with Crippen LogP contribution in [0, 0.1) is 6.61 Å². The zero-order chi connectivity index (χ0) is 6.85. The lowest BCUT2D eigenvalue weighted by Crippen LogP contribution is -2.36. The summed E-state index contributed by atoms with van der Waals surface area (Å²) in [5.74, 6) is 0. The first-order valence-electron chi connectivity index (χ1n) is 3.05. The Morgan fingerprint density at radius 1 is 1.56 bits per heavy atom. The molecular formula is C6H11O3. The van der Waals surface area contributed by atoms with Crippen LogP contribution in [0.15, 0.2) is 0 Å². The summed E-state index contributed by atoms with van der Waals surface area (Å²) in [6.45, 7) is 3.13. The second-order valence-corrected chi connectivity index (χ2v) is 2.35. The Kier molecular flexibility index (Phi) is 2.05. The topological polar surface area (TPSA) is 49.7 Å². The van der Waals surface area contributed by atoms with Crippen LogP contribution in [-0.4, -0.2) is 28.5 Å². The van der Waals surface area contributed by atoms with Gasteiger partial charge in [0.15, 0.2) is 0 Å². The Hall–Kier alpha value is -0.120. The first-order valence-corrected chi connectivity index (χ1v) is 3.05. The summed E-state index contributed by atoms with van der Waals surface area (Å²) in [4.78, 5) is 0. The molecule has 0 spiro atoms. The summed E-state index contributed by atoms with van der Waals surface area (Å²) >= 11 is 0. The molecule has 3 atom stereocenters. The Bertz CT molecular complexity index is 94.3. The molecule has 1 fully saturated rings. The van der Waals surface area contributed by atoms with Crippen LogP contribution in [0.2, 0.25) is 0 Å². The van der Waals surface area contributed by atoms with Crippen LogP contribution in [0.25, 0.3) is 0 Å². The van der Waals surface area contributed by atoms with E-state index in [4.69, 9.17) is 14.9 Å². The van der Waals surface area contributed by atoms with E-state index in [-0.39, 0.29) is 6.10 Å². The Morgan fingerprint density at radius 3 is 2.67 bits per heavy atom. The second-order valence-electron chi connectivity index (χ2n) is 2.35. The van der Waals surface area contributed by atoms with Gasteiger partial charge in [0.25, 0.3) is 0 Å². The van der Waals surface area contributed by atoms with Crippen LogP contribution in [-0.2, 0) is 4.74 Å². The maximum absolute atomic E-state index is 9.04. The molecule has 1 aliphatic rings. The van der Waals surface area contributed by atoms with E-state index in [0.717, 1.165) is 0 Å². The lowest BCUT2D eigenvalue weighted by molar-refractivity contribution is -0.0802. The van der Waals surface area contributed by atoms with Gasteiger partial charge in [-0.3, -0.25) is 0 Å². The van der Waals surface area contributed by atoms with E-state index >= 15 is 0 Å². The van der Waals surface area contributed by atoms with Gasteiger partial charge in [0.05, 0.1) is 18.3 Å². The van der Waals surface area contributed by atoms with Gasteiger partial charge in [0.2, 0.25) is 0 Å². The van der Waals surface area contributed by atoms with Gasteiger partial charge in [-0.05, 0) is 6.92 Å². The van der Waals surface area contributed by atoms with Crippen LogP contribution >= 0.6 is 0 Å². The molecule has 2 N–H and O–H groups in total. The molecular weight excluding hydrogens is 120 g/mol. The predicted molar refractivity (Wildman–Crippen MR) is 31.5 cm³/mol. The fourth-order valence-electron chi connectivity index (χ4n) is 0.800. The van der Waals surface area contributed by atoms with Crippen molar-refractivity contribution in [3.8, 4) is 0 Å². The highest BCUT2D eigenvalue weighted by Crippen LogP contribution is 2.16. The third-order valence-corrected chi connectivity index (χ3v) is 1.48. The van der Waals surface area contributed by atoms with Gasteiger partial charge in [-0.2, -0.15) is 0 Å². The van der Waals surface area contributed by atoms with Gasteiger partial charge in [0.1, 0.15) is 6.61 Å². The maximum Gasteiger partial charge on any atom is 0.113 e. The third kappa shape index (κ3) is 1.64. The fourth-order valence-corrected chi connectivity index (χ4v) is 0.800. The number of ether oxygens (including phenoxy) is 1. The van der Waals surface area contributed by atoms with Crippen molar-refractivity contribution >= 4 is 0 Å². The molecule has 0 bridgehead atoms. The first-order chi connectivity index (χ1) is 4.20. The highest BCUT2D eigenvalue weighted by atomic mass is 16.5. The smallest absolute Gasteiger partial charge is 0.113 e. The SMILES string of the molecule is C[C@H]1O[CH][C@@H](O)C[C@@H]1O. The second kappa shape index (κ2) is 2.64. The molecule has 0 unspecified atom stereocenters. The molecule has 0 aromatic carbocycles. The normalized spacial score (nSPS) is 45.0. The minimum atomic E-state index is -0.601. The van der Waals surface area contributed by atoms with Crippen molar-refractivity contribution in [1.29, 1.82) is 0 Å². The molecule has 1 rings (SSSR count). The summed E-state index contributed by atoms with van der Waals surface area (Å²) in [7, 11) is 0. The first kappa shape index (κ1) is 6.99. The van der Waals surface area contributed by atoms with E-state index in [0.29, 0.717) is 6.42 Å². The largest absolute Gasteiger partial charge is 0.390 e. The quantitative estimate of drug-likeness (QED) is 0.473. The lowest BCUT2D eigenvalue weighted by Gasteiger charge is -2.27. The average molecular weight is 131 g/mol. The number of aliphatic hydroxyl groups excluding tert-OH is 2. The van der Waals surface area contributed by atoms with Crippen molar-refractivity contribution < 1.29 is 14.9 Å². The van der Waals surface area contributed by atoms with E-state index in [9.17, 15) is 0 Å². The van der Waals surface area contributed by atoms with Gasteiger partial charge in [-0.15, -0.1) is 0 Å². The minimum absolute atomic E-state index is 0.173. The zero-order valence-electron chi connectivity index (χ0n) is 5.32. The molecule has 9 heavy (non-hydrogen) atoms. The number of rotatable bonds is 0. The molecule has 1 saturated heterocycles. The fraction of sp³-hybridized carbons (Fsp3) is 0.833. The van der Waals surface area contributed by atoms with E-state index in [2.05, 4.69) is 0 Å². The van der Waals surface area contributed by atoms with Crippen molar-refractivity contribution in [3.05, 3.63) is 6.61 Å². The van der Waals surface area contributed by atoms with Crippen LogP contribution in [0.5, 0.6) is 0 Å². The third-order valence-electron chi connectivity index (χ3n) is 1.48. The molecule has 1 aliphatic heterocycles. The molecule has 0 aromatic heterocycles. The van der Waals surface area contributed by atoms with E-state index in [1.807, 2.05) is 0 Å². The molecule has 3 nitrogen and oxygen atoms in total. The van der Waals surface area contributed by atoms with Gasteiger partial charge < -0.3 is 14.9 Å². The molecule has 0 aliphatic carbocycles. The predicted octanol–water partition coefficient (Wildman–Crippen LogP) is -0.321. The van der Waals surface area contributed by atoms with Crippen LogP contribution in [0.4, 0.5) is 0 Å². The van der Waals surface area contributed by atoms with Crippen molar-refractivity contribution in [2.75, 3.05) is 0 Å². The summed E-state index contributed by atoms with van der Waals surface area (Å²) < 4.78 is 4.88. The molecule has 1 heterocycles. The maximum atomic E-state index is 9.04. The number of hydrogen-bond donors (Lipinski definition) is 2. The summed E-state index contributed by atoms with van der Waals surface area (Å²) in [5, 5.41) is 17.9. The molecule has 1 radical (unpaired) electrons. The van der Waals surface area contributed by atoms with Crippen molar-refractivity contribution in [3.63, 3.8) is 0 Å². The Balaban J connectivity index is 2.35. The summed E-state index contributed by atoms with van der Waals surface area (Å²) in [6.07, 6.45) is -0.907. The molecule has 0 saturated carbocycles. The minimum Gasteiger partial charge on any atom is -0.390 e. The van der Waals surface area contributed by atoms with Crippen LogP contribution in [0.3, 0.4) is 0 Å². The molecule has 0 aromatic rings. The van der Waals surface area contributed by atoms with Gasteiger partial charge in [-0.25, -0.2) is 0 Å². The summed E-state index contributed by atoms with van der Waals surface area (Å²) in [5.41, 5.74) is 0. The van der Waals surface area contributed by atoms with E-state index in [1.54, 1.807) is 6.92 Å². The highest BCUT2D eigenvalue weighted by molar-refractivity contribution is 4.80. The standard InChI is InChI=1S/C6H11O3/c1-4-6(8)2-5(7)3-9-4/h3-8H,2H2,1H3/t4-,5+,6+/m1/s1. The number of hydrogen-bond acceptors (Lipinski definition) is 3. The van der Waals surface area contributed by atoms with Gasteiger partial charge >= 0.3 is 0 Å². The van der Waals surface area contributed by atoms with Crippen molar-refractivity contribution in [2.24, 2.45) is 0 Å². The molecule has 0 amide bonds. The lowest BCUT2D eigenvalue weighted by atomic mass is 10.1.